The van der Waals surface area contributed by atoms with Gasteiger partial charge in [0.2, 0.25) is 0 Å². The fourth-order valence-electron chi connectivity index (χ4n) is 1.56. The number of nitrogens with one attached hydrogen (secondary N) is 1. The van der Waals surface area contributed by atoms with Crippen molar-refractivity contribution in [3.8, 4) is 0 Å². The van der Waals surface area contributed by atoms with E-state index in [2.05, 4.69) is 5.32 Å². The van der Waals surface area contributed by atoms with Gasteiger partial charge >= 0.3 is 12.0 Å². The van der Waals surface area contributed by atoms with Crippen LogP contribution in [-0.2, 0) is 4.79 Å². The molecule has 0 heterocycles. The minimum absolute atomic E-state index is 0.00958. The Morgan fingerprint density at radius 3 is 2.17 bits per heavy atom. The number of likely N-dealkylation sites (N-methyl/N-ethyl adjacent to an activating group) is 2. The molecule has 2 amide bonds. The summed E-state index contributed by atoms with van der Waals surface area (Å²) in [6.45, 7) is 6.66. The molecule has 0 saturated carbocycles. The average Bonchev–Trinajstić information content (AvgIpc) is 2.23. The van der Waals surface area contributed by atoms with E-state index in [1.807, 2.05) is 32.8 Å². The summed E-state index contributed by atoms with van der Waals surface area (Å²) in [5.74, 6) is -0.708. The van der Waals surface area contributed by atoms with Crippen LogP contribution in [0.1, 0.15) is 20.8 Å². The van der Waals surface area contributed by atoms with Crippen molar-refractivity contribution in [3.63, 3.8) is 0 Å². The second kappa shape index (κ2) is 7.92. The number of hydrogen-bond acceptors (Lipinski definition) is 3. The van der Waals surface area contributed by atoms with E-state index >= 15 is 0 Å². The Kier molecular flexibility index (Phi) is 7.35. The van der Waals surface area contributed by atoms with Gasteiger partial charge in [-0.15, -0.1) is 0 Å². The predicted octanol–water partition coefficient (Wildman–Crippen LogP) is 0.689. The van der Waals surface area contributed by atoms with E-state index < -0.39 is 5.97 Å². The summed E-state index contributed by atoms with van der Waals surface area (Å²) < 4.78 is 0. The Morgan fingerprint density at radius 2 is 1.83 bits per heavy atom. The van der Waals surface area contributed by atoms with Gasteiger partial charge in [0.25, 0.3) is 0 Å². The number of carboxylic acid groups (broad SMARTS) is 1. The third kappa shape index (κ3) is 6.44. The van der Waals surface area contributed by atoms with Crippen molar-refractivity contribution in [2.24, 2.45) is 5.92 Å². The molecule has 0 aliphatic rings. The van der Waals surface area contributed by atoms with Crippen LogP contribution in [0.5, 0.6) is 0 Å². The van der Waals surface area contributed by atoms with Gasteiger partial charge in [0, 0.05) is 19.1 Å². The molecule has 0 radical (unpaired) electrons. The number of amides is 2. The van der Waals surface area contributed by atoms with Gasteiger partial charge < -0.3 is 20.2 Å². The molecule has 0 bridgehead atoms. The van der Waals surface area contributed by atoms with Crippen LogP contribution >= 0.6 is 0 Å². The molecule has 0 aliphatic carbocycles. The Labute approximate surface area is 109 Å². The second-order valence-corrected chi connectivity index (χ2v) is 4.97. The van der Waals surface area contributed by atoms with Gasteiger partial charge in [0.1, 0.15) is 6.54 Å². The Hall–Kier alpha value is -1.30. The van der Waals surface area contributed by atoms with E-state index in [4.69, 9.17) is 5.11 Å². The molecule has 18 heavy (non-hydrogen) atoms. The van der Waals surface area contributed by atoms with Crippen LogP contribution < -0.4 is 5.32 Å². The van der Waals surface area contributed by atoms with Gasteiger partial charge in [-0.2, -0.15) is 0 Å². The van der Waals surface area contributed by atoms with Crippen LogP contribution in [0, 0.1) is 5.92 Å². The van der Waals surface area contributed by atoms with Gasteiger partial charge in [-0.05, 0) is 26.9 Å². The molecule has 0 fully saturated rings. The van der Waals surface area contributed by atoms with Gasteiger partial charge in [-0.3, -0.25) is 4.79 Å². The number of hydrogen-bond donors (Lipinski definition) is 2. The highest BCUT2D eigenvalue weighted by Crippen LogP contribution is 2.04. The lowest BCUT2D eigenvalue weighted by Crippen LogP contribution is -2.51. The van der Waals surface area contributed by atoms with Crippen LogP contribution in [0.4, 0.5) is 4.79 Å². The first-order valence-corrected chi connectivity index (χ1v) is 6.19. The molecule has 0 spiro atoms. The minimum Gasteiger partial charge on any atom is -0.480 e. The van der Waals surface area contributed by atoms with E-state index in [0.717, 1.165) is 6.54 Å². The molecule has 6 heteroatoms. The van der Waals surface area contributed by atoms with E-state index in [1.54, 1.807) is 6.92 Å². The fraction of sp³-hybridized carbons (Fsp3) is 0.833. The minimum atomic E-state index is -0.999. The van der Waals surface area contributed by atoms with Gasteiger partial charge in [-0.1, -0.05) is 13.8 Å². The predicted molar refractivity (Wildman–Crippen MR) is 70.6 cm³/mol. The zero-order chi connectivity index (χ0) is 14.3. The third-order valence-corrected chi connectivity index (χ3v) is 2.67. The van der Waals surface area contributed by atoms with Crippen molar-refractivity contribution in [2.75, 3.05) is 33.7 Å². The van der Waals surface area contributed by atoms with Gasteiger partial charge in [-0.25, -0.2) is 4.79 Å². The van der Waals surface area contributed by atoms with E-state index in [9.17, 15) is 9.59 Å². The van der Waals surface area contributed by atoms with Crippen molar-refractivity contribution in [1.29, 1.82) is 0 Å². The Bertz CT molecular complexity index is 280. The normalized spacial score (nSPS) is 12.6. The molecular formula is C12H25N3O3. The fourth-order valence-corrected chi connectivity index (χ4v) is 1.56. The molecule has 106 valence electrons. The Balaban J connectivity index is 4.51. The van der Waals surface area contributed by atoms with Crippen molar-refractivity contribution < 1.29 is 14.7 Å². The van der Waals surface area contributed by atoms with Crippen LogP contribution in [0.25, 0.3) is 0 Å². The van der Waals surface area contributed by atoms with Crippen LogP contribution in [0.3, 0.4) is 0 Å². The molecule has 6 nitrogen and oxygen atoms in total. The quantitative estimate of drug-likeness (QED) is 0.705. The SMILES string of the molecule is CCN(CC(=O)O)C(=O)NC(CN(C)C)C(C)C. The van der Waals surface area contributed by atoms with Crippen LogP contribution in [0.2, 0.25) is 0 Å². The second-order valence-electron chi connectivity index (χ2n) is 4.97. The largest absolute Gasteiger partial charge is 0.480 e. The lowest BCUT2D eigenvalue weighted by atomic mass is 10.0. The highest BCUT2D eigenvalue weighted by molar-refractivity contribution is 5.80. The summed E-state index contributed by atoms with van der Waals surface area (Å²) >= 11 is 0. The molecule has 0 aromatic carbocycles. The Morgan fingerprint density at radius 1 is 1.28 bits per heavy atom. The summed E-state index contributed by atoms with van der Waals surface area (Å²) in [6.07, 6.45) is 0. The number of nitrogens with zero attached hydrogens (tertiary/aromatic N) is 2. The summed E-state index contributed by atoms with van der Waals surface area (Å²) in [6, 6.07) is -0.309. The molecular weight excluding hydrogens is 234 g/mol. The number of carboxylic acids is 1. The van der Waals surface area contributed by atoms with Crippen molar-refractivity contribution >= 4 is 12.0 Å². The van der Waals surface area contributed by atoms with Crippen LogP contribution in [-0.4, -0.2) is 66.7 Å². The molecule has 0 rings (SSSR count). The first-order valence-electron chi connectivity index (χ1n) is 6.19. The third-order valence-electron chi connectivity index (χ3n) is 2.67. The van der Waals surface area contributed by atoms with Gasteiger partial charge in [0.15, 0.2) is 0 Å². The van der Waals surface area contributed by atoms with Crippen LogP contribution in [0.15, 0.2) is 0 Å². The van der Waals surface area contributed by atoms with Crippen molar-refractivity contribution in [3.05, 3.63) is 0 Å². The zero-order valence-corrected chi connectivity index (χ0v) is 11.9. The zero-order valence-electron chi connectivity index (χ0n) is 11.9. The molecule has 0 aromatic rings. The highest BCUT2D eigenvalue weighted by Gasteiger charge is 2.21. The molecule has 0 aliphatic heterocycles. The standard InChI is InChI=1S/C12H25N3O3/c1-6-15(8-11(16)17)12(18)13-10(9(2)3)7-14(4)5/h9-10H,6-8H2,1-5H3,(H,13,18)(H,16,17). The number of urea groups is 1. The maximum atomic E-state index is 11.9. The molecule has 2 N–H and O–H groups in total. The topological polar surface area (TPSA) is 72.9 Å². The summed E-state index contributed by atoms with van der Waals surface area (Å²) in [4.78, 5) is 25.9. The monoisotopic (exact) mass is 259 g/mol. The maximum Gasteiger partial charge on any atom is 0.323 e. The lowest BCUT2D eigenvalue weighted by Gasteiger charge is -2.28. The van der Waals surface area contributed by atoms with Crippen molar-refractivity contribution in [2.45, 2.75) is 26.8 Å². The summed E-state index contributed by atoms with van der Waals surface area (Å²) in [5, 5.41) is 11.6. The summed E-state index contributed by atoms with van der Waals surface area (Å²) in [7, 11) is 3.88. The molecule has 1 atom stereocenters. The van der Waals surface area contributed by atoms with E-state index in [-0.39, 0.29) is 18.6 Å². The summed E-state index contributed by atoms with van der Waals surface area (Å²) in [5.41, 5.74) is 0. The molecule has 0 aromatic heterocycles. The van der Waals surface area contributed by atoms with Crippen molar-refractivity contribution in [1.82, 2.24) is 15.1 Å². The number of carbonyl (C=O) groups excluding carboxylic acids is 1. The lowest BCUT2D eigenvalue weighted by molar-refractivity contribution is -0.137. The number of rotatable bonds is 7. The first kappa shape index (κ1) is 16.7. The average molecular weight is 259 g/mol. The first-order chi connectivity index (χ1) is 8.27. The maximum absolute atomic E-state index is 11.9. The smallest absolute Gasteiger partial charge is 0.323 e. The van der Waals surface area contributed by atoms with E-state index in [1.165, 1.54) is 4.90 Å². The van der Waals surface area contributed by atoms with E-state index in [0.29, 0.717) is 12.5 Å². The highest BCUT2D eigenvalue weighted by atomic mass is 16.4. The van der Waals surface area contributed by atoms with Gasteiger partial charge in [0.05, 0.1) is 0 Å². The molecule has 0 saturated heterocycles. The number of carbonyl (C=O) groups is 2. The number of aliphatic carboxylic acids is 1. The molecule has 1 unspecified atom stereocenters.